The van der Waals surface area contributed by atoms with E-state index in [0.717, 1.165) is 0 Å². The molecule has 4 aromatic carbocycles. The first kappa shape index (κ1) is 29.9. The zero-order valence-electron chi connectivity index (χ0n) is 21.6. The fourth-order valence-electron chi connectivity index (χ4n) is 5.06. The molecular weight excluding hydrogens is 544 g/mol. The van der Waals surface area contributed by atoms with Gasteiger partial charge in [-0.25, -0.2) is 12.8 Å². The molecule has 1 heterocycles. The van der Waals surface area contributed by atoms with Gasteiger partial charge in [0.25, 0.3) is 0 Å². The van der Waals surface area contributed by atoms with Crippen molar-refractivity contribution in [1.82, 2.24) is 0 Å². The number of carbonyl (C=O) groups is 1. The van der Waals surface area contributed by atoms with Crippen molar-refractivity contribution < 1.29 is 61.9 Å². The van der Waals surface area contributed by atoms with Gasteiger partial charge in [0.1, 0.15) is 21.7 Å². The van der Waals surface area contributed by atoms with Crippen molar-refractivity contribution in [2.45, 2.75) is 29.9 Å². The van der Waals surface area contributed by atoms with E-state index in [1.54, 1.807) is 35.2 Å². The summed E-state index contributed by atoms with van der Waals surface area (Å²) >= 11 is 0. The van der Waals surface area contributed by atoms with Crippen molar-refractivity contribution in [2.24, 2.45) is 5.92 Å². The molecule has 3 atom stereocenters. The monoisotopic (exact) mass is 569 g/mol. The van der Waals surface area contributed by atoms with Crippen molar-refractivity contribution >= 4 is 21.7 Å². The number of amides is 1. The van der Waals surface area contributed by atoms with Gasteiger partial charge in [0.15, 0.2) is 0 Å². The van der Waals surface area contributed by atoms with Crippen LogP contribution >= 0.6 is 0 Å². The number of benzene rings is 4. The molecule has 0 radical (unpaired) electrons. The van der Waals surface area contributed by atoms with E-state index in [4.69, 9.17) is 0 Å². The van der Waals surface area contributed by atoms with Crippen LogP contribution in [0.25, 0.3) is 11.1 Å². The number of phenols is 1. The molecule has 0 bridgehead atoms. The van der Waals surface area contributed by atoms with E-state index in [1.807, 2.05) is 18.2 Å². The summed E-state index contributed by atoms with van der Waals surface area (Å²) in [6, 6.07) is 24.5. The Kier molecular flexibility index (Phi) is 9.14. The molecular formula is C30H25FNNaO6S. The second kappa shape index (κ2) is 12.2. The van der Waals surface area contributed by atoms with Gasteiger partial charge in [-0.05, 0) is 72.0 Å². The van der Waals surface area contributed by atoms with E-state index in [-0.39, 0.29) is 52.5 Å². The number of para-hydroxylation sites is 1. The van der Waals surface area contributed by atoms with Gasteiger partial charge in [0.05, 0.1) is 23.0 Å². The molecule has 1 aliphatic heterocycles. The summed E-state index contributed by atoms with van der Waals surface area (Å²) in [4.78, 5) is 14.5. The van der Waals surface area contributed by atoms with Crippen LogP contribution in [0.4, 0.5) is 10.1 Å². The number of aliphatic hydroxyl groups excluding tert-OH is 1. The average molecular weight is 570 g/mol. The topological polar surface area (TPSA) is 118 Å². The van der Waals surface area contributed by atoms with Gasteiger partial charge in [-0.3, -0.25) is 4.79 Å². The van der Waals surface area contributed by atoms with E-state index in [2.05, 4.69) is 0 Å². The molecule has 2 N–H and O–H groups in total. The van der Waals surface area contributed by atoms with Crippen LogP contribution in [-0.4, -0.2) is 29.1 Å². The van der Waals surface area contributed by atoms with E-state index < -0.39 is 34.0 Å². The number of hydrogen-bond donors (Lipinski definition) is 2. The van der Waals surface area contributed by atoms with Gasteiger partial charge in [-0.1, -0.05) is 54.6 Å². The number of nitrogens with zero attached hydrogens (tertiary/aromatic N) is 1. The number of anilines is 1. The van der Waals surface area contributed by atoms with Crippen LogP contribution in [0.1, 0.15) is 36.1 Å². The maximum absolute atomic E-state index is 13.3. The Morgan fingerprint density at radius 2 is 1.57 bits per heavy atom. The number of halogens is 1. The van der Waals surface area contributed by atoms with Crippen LogP contribution in [0.3, 0.4) is 0 Å². The Hall–Kier alpha value is -3.05. The molecule has 4 aromatic rings. The number of aromatic hydroxyl groups is 1. The Morgan fingerprint density at radius 1 is 0.900 bits per heavy atom. The van der Waals surface area contributed by atoms with Crippen LogP contribution < -0.4 is 34.5 Å². The quantitative estimate of drug-likeness (QED) is 0.191. The van der Waals surface area contributed by atoms with Crippen molar-refractivity contribution in [3.63, 3.8) is 0 Å². The van der Waals surface area contributed by atoms with Crippen LogP contribution in [0.15, 0.2) is 102 Å². The zero-order chi connectivity index (χ0) is 27.7. The van der Waals surface area contributed by atoms with E-state index in [9.17, 15) is 32.4 Å². The molecule has 40 heavy (non-hydrogen) atoms. The van der Waals surface area contributed by atoms with Gasteiger partial charge in [0.2, 0.25) is 5.91 Å². The largest absolute Gasteiger partial charge is 1.00 e. The standard InChI is InChI=1S/C30H26FNO6S.Na/c31-22-12-9-19(10-13-22)27(33)16-15-26-29(32(30(26)35)23-6-2-1-3-7-23)25-14-11-21(18-28(25)34)20-5-4-8-24(17-20)39(36,37)38;/h1-14,17-18,26-27,29,33-34H,15-16H2,(H,36,37,38);/q;+1/p-1/t26-,27?,29-;/m1./s1. The minimum Gasteiger partial charge on any atom is -0.744 e. The number of carbonyl (C=O) groups excluding carboxylic acids is 1. The predicted octanol–water partition coefficient (Wildman–Crippen LogP) is 2.32. The molecule has 1 aliphatic rings. The maximum atomic E-state index is 13.3. The van der Waals surface area contributed by atoms with Crippen molar-refractivity contribution in [3.8, 4) is 16.9 Å². The van der Waals surface area contributed by atoms with Gasteiger partial charge >= 0.3 is 29.6 Å². The van der Waals surface area contributed by atoms with Crippen molar-refractivity contribution in [2.75, 3.05) is 4.90 Å². The second-order valence-corrected chi connectivity index (χ2v) is 10.9. The molecule has 1 fully saturated rings. The Balaban J connectivity index is 0.00000370. The first-order chi connectivity index (χ1) is 18.6. The fraction of sp³-hybridized carbons (Fsp3) is 0.167. The molecule has 10 heteroatoms. The summed E-state index contributed by atoms with van der Waals surface area (Å²) in [6.07, 6.45) is -0.294. The molecule has 0 aliphatic carbocycles. The molecule has 1 amide bonds. The molecule has 200 valence electrons. The van der Waals surface area contributed by atoms with Crippen molar-refractivity contribution in [1.29, 1.82) is 0 Å². The summed E-state index contributed by atoms with van der Waals surface area (Å²) in [5, 5.41) is 21.7. The van der Waals surface area contributed by atoms with Gasteiger partial charge < -0.3 is 19.7 Å². The summed E-state index contributed by atoms with van der Waals surface area (Å²) in [7, 11) is -4.64. The average Bonchev–Trinajstić information content (AvgIpc) is 2.92. The van der Waals surface area contributed by atoms with Gasteiger partial charge in [0, 0.05) is 11.3 Å². The maximum Gasteiger partial charge on any atom is 1.00 e. The second-order valence-electron chi connectivity index (χ2n) is 9.50. The van der Waals surface area contributed by atoms with Crippen LogP contribution in [0, 0.1) is 11.7 Å². The summed E-state index contributed by atoms with van der Waals surface area (Å²) < 4.78 is 47.6. The van der Waals surface area contributed by atoms with Crippen LogP contribution in [0.2, 0.25) is 0 Å². The molecule has 0 aromatic heterocycles. The zero-order valence-corrected chi connectivity index (χ0v) is 24.5. The Bertz CT molecular complexity index is 1620. The first-order valence-electron chi connectivity index (χ1n) is 12.3. The van der Waals surface area contributed by atoms with Gasteiger partial charge in [-0.2, -0.15) is 0 Å². The first-order valence-corrected chi connectivity index (χ1v) is 13.8. The van der Waals surface area contributed by atoms with E-state index in [1.165, 1.54) is 48.5 Å². The molecule has 1 unspecified atom stereocenters. The molecule has 0 spiro atoms. The SMILES string of the molecule is O=C1[C@H](CCC(O)c2ccc(F)cc2)[C@@H](c2ccc(-c3cccc(S(=O)(=O)[O-])c3)cc2O)N1c1ccccc1.[Na+]. The number of rotatable bonds is 8. The minimum absolute atomic E-state index is 0. The Morgan fingerprint density at radius 3 is 2.23 bits per heavy atom. The van der Waals surface area contributed by atoms with Crippen LogP contribution in [0.5, 0.6) is 5.75 Å². The predicted molar refractivity (Wildman–Crippen MR) is 142 cm³/mol. The Labute approximate surface area is 254 Å². The van der Waals surface area contributed by atoms with E-state index >= 15 is 0 Å². The summed E-state index contributed by atoms with van der Waals surface area (Å²) in [6.45, 7) is 0. The number of β-lactam (4-membered cyclic amide) rings is 1. The number of hydrogen-bond acceptors (Lipinski definition) is 6. The summed E-state index contributed by atoms with van der Waals surface area (Å²) in [5.41, 5.74) is 2.66. The molecule has 7 nitrogen and oxygen atoms in total. The third kappa shape index (κ3) is 6.15. The summed E-state index contributed by atoms with van der Waals surface area (Å²) in [5.74, 6) is -1.16. The third-order valence-corrected chi connectivity index (χ3v) is 7.89. The molecule has 1 saturated heterocycles. The van der Waals surface area contributed by atoms with Crippen molar-refractivity contribution in [3.05, 3.63) is 114 Å². The number of aliphatic hydroxyl groups is 1. The normalized spacial score (nSPS) is 17.6. The molecule has 5 rings (SSSR count). The van der Waals surface area contributed by atoms with Gasteiger partial charge in [-0.15, -0.1) is 0 Å². The number of phenolic OH excluding ortho intramolecular Hbond substituents is 1. The van der Waals surface area contributed by atoms with E-state index in [0.29, 0.717) is 34.4 Å². The minimum atomic E-state index is -4.64. The van der Waals surface area contributed by atoms with Crippen LogP contribution in [-0.2, 0) is 14.9 Å². The fourth-order valence-corrected chi connectivity index (χ4v) is 5.57. The third-order valence-electron chi connectivity index (χ3n) is 7.06. The smallest absolute Gasteiger partial charge is 0.744 e. The molecule has 0 saturated carbocycles.